The van der Waals surface area contributed by atoms with E-state index in [0.29, 0.717) is 28.9 Å². The average Bonchev–Trinajstić information content (AvgIpc) is 3.26. The smallest absolute Gasteiger partial charge is 0.257 e. The summed E-state index contributed by atoms with van der Waals surface area (Å²) in [5, 5.41) is 5.19. The molecule has 0 aliphatic heterocycles. The zero-order valence-corrected chi connectivity index (χ0v) is 19.2. The molecule has 0 saturated carbocycles. The molecule has 10 heteroatoms. The number of hydrogen-bond acceptors (Lipinski definition) is 5. The van der Waals surface area contributed by atoms with Crippen molar-refractivity contribution in [3.8, 4) is 5.82 Å². The molecule has 0 aliphatic carbocycles. The van der Waals surface area contributed by atoms with Gasteiger partial charge in [-0.2, -0.15) is 5.10 Å². The number of methoxy groups -OCH3 is 1. The van der Waals surface area contributed by atoms with Crippen LogP contribution in [-0.4, -0.2) is 41.5 Å². The molecule has 0 aliphatic rings. The van der Waals surface area contributed by atoms with Crippen LogP contribution in [0.5, 0.6) is 0 Å². The molecule has 2 heterocycles. The number of carbonyl (C=O) groups is 1. The number of amides is 1. The molecular weight excluding hydrogens is 435 g/mol. The molecule has 0 saturated heterocycles. The number of rotatable bonds is 10. The van der Waals surface area contributed by atoms with E-state index in [4.69, 9.17) is 4.74 Å². The number of nitrogens with one attached hydrogen (secondary N) is 1. The summed E-state index contributed by atoms with van der Waals surface area (Å²) in [6.07, 6.45) is 6.63. The van der Waals surface area contributed by atoms with Crippen molar-refractivity contribution >= 4 is 32.9 Å². The summed E-state index contributed by atoms with van der Waals surface area (Å²) in [5.74, 6) is -0.538. The molecule has 32 heavy (non-hydrogen) atoms. The topological polar surface area (TPSA) is 95.2 Å². The van der Waals surface area contributed by atoms with Gasteiger partial charge in [-0.25, -0.2) is 17.5 Å². The number of fused-ring (bicyclic) bond motifs is 1. The molecule has 172 valence electrons. The first kappa shape index (κ1) is 23.7. The second-order valence-corrected chi connectivity index (χ2v) is 9.30. The summed E-state index contributed by atoms with van der Waals surface area (Å²) < 4.78 is 48.6. The highest BCUT2D eigenvalue weighted by Crippen LogP contribution is 2.26. The number of sulfonamides is 1. The van der Waals surface area contributed by atoms with Crippen molar-refractivity contribution in [2.75, 3.05) is 12.9 Å². The van der Waals surface area contributed by atoms with Crippen LogP contribution in [0.25, 0.3) is 22.8 Å². The lowest BCUT2D eigenvalue weighted by Gasteiger charge is -2.08. The molecule has 1 amide bonds. The molecule has 1 aromatic carbocycles. The SMILES string of the molecule is CCCCCS(=O)(=O)NC(=O)/C=C/c1c(COC)nn(C)c1-n1ccc2cc(F)ccc21. The lowest BCUT2D eigenvalue weighted by molar-refractivity contribution is -0.114. The summed E-state index contributed by atoms with van der Waals surface area (Å²) in [7, 11) is -0.413. The second kappa shape index (κ2) is 10.1. The molecule has 0 fully saturated rings. The van der Waals surface area contributed by atoms with Crippen molar-refractivity contribution in [3.05, 3.63) is 53.6 Å². The Kier molecular flexibility index (Phi) is 7.47. The van der Waals surface area contributed by atoms with Gasteiger partial charge in [0.15, 0.2) is 0 Å². The summed E-state index contributed by atoms with van der Waals surface area (Å²) in [4.78, 5) is 12.3. The molecular formula is C22H27FN4O4S. The van der Waals surface area contributed by atoms with Crippen molar-refractivity contribution < 1.29 is 22.3 Å². The Hall–Kier alpha value is -2.98. The molecule has 1 N–H and O–H groups in total. The van der Waals surface area contributed by atoms with Crippen molar-refractivity contribution in [1.82, 2.24) is 19.1 Å². The minimum Gasteiger partial charge on any atom is -0.378 e. The summed E-state index contributed by atoms with van der Waals surface area (Å²) in [6, 6.07) is 6.25. The number of hydrogen-bond donors (Lipinski definition) is 1. The molecule has 2 aromatic heterocycles. The first-order chi connectivity index (χ1) is 15.3. The maximum absolute atomic E-state index is 13.6. The third-order valence-electron chi connectivity index (χ3n) is 4.96. The first-order valence-electron chi connectivity index (χ1n) is 10.3. The maximum atomic E-state index is 13.6. The van der Waals surface area contributed by atoms with Gasteiger partial charge in [-0.1, -0.05) is 19.8 Å². The second-order valence-electron chi connectivity index (χ2n) is 7.46. The normalized spacial score (nSPS) is 12.1. The van der Waals surface area contributed by atoms with Crippen LogP contribution < -0.4 is 4.72 Å². The molecule has 0 unspecified atom stereocenters. The Labute approximate surface area is 186 Å². The van der Waals surface area contributed by atoms with Gasteiger partial charge in [-0.15, -0.1) is 0 Å². The van der Waals surface area contributed by atoms with E-state index < -0.39 is 15.9 Å². The van der Waals surface area contributed by atoms with Crippen LogP contribution in [0.1, 0.15) is 37.4 Å². The third-order valence-corrected chi connectivity index (χ3v) is 6.30. The number of ether oxygens (including phenoxy) is 1. The van der Waals surface area contributed by atoms with Crippen LogP contribution in [0.15, 0.2) is 36.5 Å². The maximum Gasteiger partial charge on any atom is 0.257 e. The lowest BCUT2D eigenvalue weighted by Crippen LogP contribution is -2.31. The highest BCUT2D eigenvalue weighted by Gasteiger charge is 2.18. The van der Waals surface area contributed by atoms with Crippen LogP contribution in [0.4, 0.5) is 4.39 Å². The van der Waals surface area contributed by atoms with Gasteiger partial charge in [0.25, 0.3) is 5.91 Å². The first-order valence-corrected chi connectivity index (χ1v) is 11.9. The van der Waals surface area contributed by atoms with Gasteiger partial charge in [-0.3, -0.25) is 9.48 Å². The van der Waals surface area contributed by atoms with Gasteiger partial charge in [0, 0.05) is 37.4 Å². The quantitative estimate of drug-likeness (QED) is 0.368. The van der Waals surface area contributed by atoms with Gasteiger partial charge >= 0.3 is 0 Å². The summed E-state index contributed by atoms with van der Waals surface area (Å²) in [6.45, 7) is 2.17. The fourth-order valence-corrected chi connectivity index (χ4v) is 4.58. The number of nitrogens with zero attached hydrogens (tertiary/aromatic N) is 3. The number of aromatic nitrogens is 3. The molecule has 8 nitrogen and oxygen atoms in total. The van der Waals surface area contributed by atoms with Gasteiger partial charge < -0.3 is 9.30 Å². The van der Waals surface area contributed by atoms with Crippen molar-refractivity contribution in [1.29, 1.82) is 0 Å². The van der Waals surface area contributed by atoms with Crippen molar-refractivity contribution in [3.63, 3.8) is 0 Å². The lowest BCUT2D eigenvalue weighted by atomic mass is 10.2. The highest BCUT2D eigenvalue weighted by molar-refractivity contribution is 7.90. The molecule has 3 rings (SSSR count). The van der Waals surface area contributed by atoms with Crippen LogP contribution in [0.2, 0.25) is 0 Å². The van der Waals surface area contributed by atoms with E-state index >= 15 is 0 Å². The largest absolute Gasteiger partial charge is 0.378 e. The average molecular weight is 463 g/mol. The molecule has 0 bridgehead atoms. The Morgan fingerprint density at radius 2 is 2.06 bits per heavy atom. The number of aryl methyl sites for hydroxylation is 1. The predicted molar refractivity (Wildman–Crippen MR) is 121 cm³/mol. The van der Waals surface area contributed by atoms with Gasteiger partial charge in [-0.05, 0) is 36.8 Å². The standard InChI is InChI=1S/C22H27FN4O4S/c1-4-5-6-13-32(29,30)25-21(28)10-8-18-19(15-31-3)24-26(2)22(18)27-12-11-16-14-17(23)7-9-20(16)27/h7-12,14H,4-6,13,15H2,1-3H3,(H,25,28)/b10-8+. The Balaban J connectivity index is 1.94. The zero-order valence-electron chi connectivity index (χ0n) is 18.3. The molecule has 0 radical (unpaired) electrons. The van der Waals surface area contributed by atoms with Crippen molar-refractivity contribution in [2.45, 2.75) is 32.8 Å². The van der Waals surface area contributed by atoms with Crippen LogP contribution >= 0.6 is 0 Å². The Morgan fingerprint density at radius 3 is 2.78 bits per heavy atom. The minimum atomic E-state index is -3.70. The third kappa shape index (κ3) is 5.43. The molecule has 0 atom stereocenters. The summed E-state index contributed by atoms with van der Waals surface area (Å²) >= 11 is 0. The zero-order chi connectivity index (χ0) is 23.3. The van der Waals surface area contributed by atoms with Gasteiger partial charge in [0.05, 0.1) is 23.6 Å². The summed E-state index contributed by atoms with van der Waals surface area (Å²) in [5.41, 5.74) is 1.93. The van der Waals surface area contributed by atoms with Gasteiger partial charge in [0.2, 0.25) is 10.0 Å². The molecule has 0 spiro atoms. The fraction of sp³-hybridized carbons (Fsp3) is 0.364. The van der Waals surface area contributed by atoms with E-state index in [1.54, 1.807) is 30.1 Å². The van der Waals surface area contributed by atoms with E-state index in [9.17, 15) is 17.6 Å². The minimum absolute atomic E-state index is 0.0978. The number of carbonyl (C=O) groups excluding carboxylic acids is 1. The highest BCUT2D eigenvalue weighted by atomic mass is 32.2. The van der Waals surface area contributed by atoms with Gasteiger partial charge in [0.1, 0.15) is 11.6 Å². The van der Waals surface area contributed by atoms with Crippen LogP contribution in [0.3, 0.4) is 0 Å². The number of halogens is 1. The van der Waals surface area contributed by atoms with Crippen LogP contribution in [-0.2, 0) is 33.2 Å². The van der Waals surface area contributed by atoms with Crippen molar-refractivity contribution in [2.24, 2.45) is 7.05 Å². The van der Waals surface area contributed by atoms with E-state index in [1.165, 1.54) is 31.4 Å². The molecule has 3 aromatic rings. The fourth-order valence-electron chi connectivity index (χ4n) is 3.52. The Bertz CT molecular complexity index is 1240. The van der Waals surface area contributed by atoms with E-state index in [-0.39, 0.29) is 18.2 Å². The van der Waals surface area contributed by atoms with E-state index in [2.05, 4.69) is 9.82 Å². The number of unbranched alkanes of at least 4 members (excludes halogenated alkanes) is 2. The number of benzene rings is 1. The Morgan fingerprint density at radius 1 is 1.28 bits per heavy atom. The van der Waals surface area contributed by atoms with Crippen LogP contribution in [0, 0.1) is 5.82 Å². The predicted octanol–water partition coefficient (Wildman–Crippen LogP) is 3.30. The van der Waals surface area contributed by atoms with E-state index in [1.807, 2.05) is 11.5 Å². The van der Waals surface area contributed by atoms with E-state index in [0.717, 1.165) is 18.4 Å². The monoisotopic (exact) mass is 462 g/mol.